The van der Waals surface area contributed by atoms with Crippen molar-refractivity contribution in [3.8, 4) is 5.75 Å². The van der Waals surface area contributed by atoms with Crippen molar-refractivity contribution in [1.29, 1.82) is 0 Å². The number of likely N-dealkylation sites (tertiary alicyclic amines) is 1. The molecule has 9 heteroatoms. The van der Waals surface area contributed by atoms with E-state index in [9.17, 15) is 13.2 Å². The second-order valence-corrected chi connectivity index (χ2v) is 9.84. The van der Waals surface area contributed by atoms with Crippen LogP contribution in [-0.4, -0.2) is 68.5 Å². The molecule has 2 saturated heterocycles. The summed E-state index contributed by atoms with van der Waals surface area (Å²) in [6.45, 7) is 2.05. The summed E-state index contributed by atoms with van der Waals surface area (Å²) in [4.78, 5) is 18.3. The number of amides is 1. The Bertz CT molecular complexity index is 996. The van der Waals surface area contributed by atoms with E-state index in [1.165, 1.54) is 16.6 Å². The number of hydrogen-bond donors (Lipinski definition) is 1. The molecule has 0 spiro atoms. The lowest BCUT2D eigenvalue weighted by Gasteiger charge is -2.30. The van der Waals surface area contributed by atoms with Gasteiger partial charge in [-0.15, -0.1) is 0 Å². The molecule has 168 valence electrons. The van der Waals surface area contributed by atoms with Gasteiger partial charge in [-0.2, -0.15) is 4.31 Å². The third-order valence-corrected chi connectivity index (χ3v) is 7.89. The lowest BCUT2D eigenvalue weighted by atomic mass is 10.0. The molecule has 2 aliphatic rings. The Balaban J connectivity index is 1.57. The molecular formula is C22H29N3O5S. The minimum atomic E-state index is -3.65. The number of hydrogen-bond acceptors (Lipinski definition) is 5. The standard InChI is InChI=1S/C22H29N3O5S/c1-29-18-8-6-17(7-9-18)21-5-3-2-4-10-25(21)22(26)20-15-19(16-23-20)31(27,28)24-11-13-30-14-12-24/h6-9,15-16,21,23H,2-5,10-14H2,1H3. The number of aromatic amines is 1. The maximum Gasteiger partial charge on any atom is 0.270 e. The van der Waals surface area contributed by atoms with Crippen LogP contribution >= 0.6 is 0 Å². The Labute approximate surface area is 183 Å². The van der Waals surface area contributed by atoms with Gasteiger partial charge >= 0.3 is 0 Å². The zero-order valence-corrected chi connectivity index (χ0v) is 18.6. The molecule has 1 aromatic heterocycles. The number of H-pyrrole nitrogens is 1. The predicted octanol–water partition coefficient (Wildman–Crippen LogP) is 2.80. The third-order valence-electron chi connectivity index (χ3n) is 6.01. The second kappa shape index (κ2) is 9.42. The van der Waals surface area contributed by atoms with Crippen molar-refractivity contribution in [1.82, 2.24) is 14.2 Å². The van der Waals surface area contributed by atoms with Crippen LogP contribution in [0.4, 0.5) is 0 Å². The number of nitrogens with zero attached hydrogens (tertiary/aromatic N) is 2. The summed E-state index contributed by atoms with van der Waals surface area (Å²) in [7, 11) is -2.02. The lowest BCUT2D eigenvalue weighted by Crippen LogP contribution is -2.40. The predicted molar refractivity (Wildman–Crippen MR) is 116 cm³/mol. The fourth-order valence-electron chi connectivity index (χ4n) is 4.26. The van der Waals surface area contributed by atoms with E-state index in [0.29, 0.717) is 38.5 Å². The number of methoxy groups -OCH3 is 1. The minimum absolute atomic E-state index is 0.0523. The molecule has 1 atom stereocenters. The summed E-state index contributed by atoms with van der Waals surface area (Å²) < 4.78 is 37.7. The van der Waals surface area contributed by atoms with E-state index in [1.807, 2.05) is 29.2 Å². The summed E-state index contributed by atoms with van der Waals surface area (Å²) in [6.07, 6.45) is 5.33. The quantitative estimate of drug-likeness (QED) is 0.761. The fraction of sp³-hybridized carbons (Fsp3) is 0.500. The molecule has 4 rings (SSSR count). The van der Waals surface area contributed by atoms with Gasteiger partial charge in [-0.1, -0.05) is 25.0 Å². The molecule has 0 aliphatic carbocycles. The Morgan fingerprint density at radius 2 is 1.84 bits per heavy atom. The van der Waals surface area contributed by atoms with E-state index >= 15 is 0 Å². The Hall–Kier alpha value is -2.36. The molecule has 2 fully saturated rings. The van der Waals surface area contributed by atoms with E-state index < -0.39 is 10.0 Å². The first-order chi connectivity index (χ1) is 15.0. The maximum absolute atomic E-state index is 13.4. The molecule has 8 nitrogen and oxygen atoms in total. The van der Waals surface area contributed by atoms with Gasteiger partial charge < -0.3 is 19.4 Å². The highest BCUT2D eigenvalue weighted by Gasteiger charge is 2.31. The zero-order chi connectivity index (χ0) is 21.8. The van der Waals surface area contributed by atoms with E-state index in [1.54, 1.807) is 7.11 Å². The van der Waals surface area contributed by atoms with Gasteiger partial charge in [-0.25, -0.2) is 8.42 Å². The maximum atomic E-state index is 13.4. The van der Waals surface area contributed by atoms with Gasteiger partial charge in [0.05, 0.1) is 26.4 Å². The Morgan fingerprint density at radius 3 is 2.55 bits per heavy atom. The first kappa shape index (κ1) is 21.9. The molecule has 0 bridgehead atoms. The highest BCUT2D eigenvalue weighted by atomic mass is 32.2. The number of sulfonamides is 1. The van der Waals surface area contributed by atoms with Crippen LogP contribution in [0.3, 0.4) is 0 Å². The zero-order valence-electron chi connectivity index (χ0n) is 17.7. The van der Waals surface area contributed by atoms with Gasteiger partial charge in [-0.3, -0.25) is 4.79 Å². The summed E-state index contributed by atoms with van der Waals surface area (Å²) >= 11 is 0. The van der Waals surface area contributed by atoms with Gasteiger partial charge in [0.25, 0.3) is 5.91 Å². The van der Waals surface area contributed by atoms with Crippen molar-refractivity contribution in [2.24, 2.45) is 0 Å². The third kappa shape index (κ3) is 4.63. The molecular weight excluding hydrogens is 418 g/mol. The van der Waals surface area contributed by atoms with E-state index in [4.69, 9.17) is 9.47 Å². The number of rotatable bonds is 5. The second-order valence-electron chi connectivity index (χ2n) is 7.90. The highest BCUT2D eigenvalue weighted by molar-refractivity contribution is 7.89. The molecule has 0 radical (unpaired) electrons. The van der Waals surface area contributed by atoms with Crippen LogP contribution in [0, 0.1) is 0 Å². The van der Waals surface area contributed by atoms with Crippen LogP contribution in [0.2, 0.25) is 0 Å². The summed E-state index contributed by atoms with van der Waals surface area (Å²) in [5, 5.41) is 0. The molecule has 3 heterocycles. The molecule has 2 aromatic rings. The monoisotopic (exact) mass is 447 g/mol. The number of nitrogens with one attached hydrogen (secondary N) is 1. The van der Waals surface area contributed by atoms with E-state index in [2.05, 4.69) is 4.98 Å². The number of ether oxygens (including phenoxy) is 2. The number of carbonyl (C=O) groups is 1. The SMILES string of the molecule is COc1ccc(C2CCCCCN2C(=O)c2cc(S(=O)(=O)N3CCOCC3)c[nH]2)cc1. The number of benzene rings is 1. The van der Waals surface area contributed by atoms with Gasteiger partial charge in [0.15, 0.2) is 0 Å². The molecule has 1 N–H and O–H groups in total. The average Bonchev–Trinajstić information content (AvgIpc) is 3.19. The van der Waals surface area contributed by atoms with Gasteiger partial charge in [0.1, 0.15) is 16.3 Å². The summed E-state index contributed by atoms with van der Waals surface area (Å²) in [6, 6.07) is 9.22. The first-order valence-electron chi connectivity index (χ1n) is 10.7. The van der Waals surface area contributed by atoms with Gasteiger partial charge in [0.2, 0.25) is 10.0 Å². The first-order valence-corrected chi connectivity index (χ1v) is 12.2. The van der Waals surface area contributed by atoms with Crippen molar-refractivity contribution in [3.63, 3.8) is 0 Å². The van der Waals surface area contributed by atoms with Crippen LogP contribution in [0.15, 0.2) is 41.4 Å². The molecule has 0 saturated carbocycles. The average molecular weight is 448 g/mol. The van der Waals surface area contributed by atoms with E-state index in [-0.39, 0.29) is 16.8 Å². The van der Waals surface area contributed by atoms with Gasteiger partial charge in [0, 0.05) is 25.8 Å². The van der Waals surface area contributed by atoms with Crippen molar-refractivity contribution >= 4 is 15.9 Å². The smallest absolute Gasteiger partial charge is 0.270 e. The van der Waals surface area contributed by atoms with Gasteiger partial charge in [-0.05, 0) is 36.6 Å². The number of aromatic nitrogens is 1. The fourth-order valence-corrected chi connectivity index (χ4v) is 5.66. The number of carbonyl (C=O) groups excluding carboxylic acids is 1. The molecule has 1 unspecified atom stereocenters. The molecule has 31 heavy (non-hydrogen) atoms. The van der Waals surface area contributed by atoms with Crippen LogP contribution in [-0.2, 0) is 14.8 Å². The van der Waals surface area contributed by atoms with Crippen molar-refractivity contribution in [2.45, 2.75) is 36.6 Å². The minimum Gasteiger partial charge on any atom is -0.497 e. The topological polar surface area (TPSA) is 91.9 Å². The van der Waals surface area contributed by atoms with Crippen LogP contribution in [0.5, 0.6) is 5.75 Å². The van der Waals surface area contributed by atoms with Crippen LogP contribution < -0.4 is 4.74 Å². The van der Waals surface area contributed by atoms with Crippen molar-refractivity contribution in [2.75, 3.05) is 40.0 Å². The van der Waals surface area contributed by atoms with Crippen molar-refractivity contribution in [3.05, 3.63) is 47.8 Å². The molecule has 1 amide bonds. The molecule has 2 aliphatic heterocycles. The molecule has 1 aromatic carbocycles. The van der Waals surface area contributed by atoms with Crippen LogP contribution in [0.25, 0.3) is 0 Å². The largest absolute Gasteiger partial charge is 0.497 e. The summed E-state index contributed by atoms with van der Waals surface area (Å²) in [5.41, 5.74) is 1.36. The normalized spacial score (nSPS) is 20.9. The number of morpholine rings is 1. The summed E-state index contributed by atoms with van der Waals surface area (Å²) in [5.74, 6) is 0.601. The van der Waals surface area contributed by atoms with E-state index in [0.717, 1.165) is 37.0 Å². The highest BCUT2D eigenvalue weighted by Crippen LogP contribution is 2.32. The lowest BCUT2D eigenvalue weighted by molar-refractivity contribution is 0.0675. The van der Waals surface area contributed by atoms with Crippen molar-refractivity contribution < 1.29 is 22.7 Å². The van der Waals surface area contributed by atoms with Crippen LogP contribution in [0.1, 0.15) is 47.8 Å². The Kier molecular flexibility index (Phi) is 6.64. The Morgan fingerprint density at radius 1 is 1.10 bits per heavy atom.